The van der Waals surface area contributed by atoms with Gasteiger partial charge in [0.25, 0.3) is 0 Å². The summed E-state index contributed by atoms with van der Waals surface area (Å²) >= 11 is 0. The first kappa shape index (κ1) is 66.5. The standard InChI is InChI=1S/C59H113N2O6P/c1-6-8-10-12-14-16-18-20-22-24-26-28-29-30-31-33-34-36-38-40-42-44-46-48-50-52-58(62)57(56-67-68(64,65)66-55-54-61(3,4)5)60-59(63)53-51-49-47-45-43-41-39-37-35-32-27-25-23-21-19-17-15-13-11-9-7-2/h25,27,34,36,42,44,50,52,57-58,62H,6-24,26,28-33,35,37-41,43,45-49,51,53-56H2,1-5H3,(H-,60,63,64,65)/p+1/b27-25-,36-34+,44-42+,52-50+. The molecule has 9 heteroatoms. The molecule has 0 aromatic rings. The molecule has 3 N–H and O–H groups in total. The third-order valence-electron chi connectivity index (χ3n) is 13.0. The highest BCUT2D eigenvalue weighted by molar-refractivity contribution is 7.47. The van der Waals surface area contributed by atoms with E-state index in [0.29, 0.717) is 17.4 Å². The van der Waals surface area contributed by atoms with E-state index in [9.17, 15) is 19.4 Å². The lowest BCUT2D eigenvalue weighted by Crippen LogP contribution is -2.45. The Morgan fingerprint density at radius 1 is 0.485 bits per heavy atom. The lowest BCUT2D eigenvalue weighted by molar-refractivity contribution is -0.870. The number of amides is 1. The van der Waals surface area contributed by atoms with Crippen molar-refractivity contribution in [1.82, 2.24) is 5.32 Å². The number of hydrogen-bond acceptors (Lipinski definition) is 5. The third kappa shape index (κ3) is 52.3. The van der Waals surface area contributed by atoms with Gasteiger partial charge < -0.3 is 19.8 Å². The molecular formula is C59H114N2O6P+. The molecule has 0 saturated heterocycles. The Hall–Kier alpha value is -1.54. The van der Waals surface area contributed by atoms with Gasteiger partial charge in [0.05, 0.1) is 39.9 Å². The van der Waals surface area contributed by atoms with Crippen molar-refractivity contribution < 1.29 is 32.9 Å². The van der Waals surface area contributed by atoms with Gasteiger partial charge >= 0.3 is 7.82 Å². The predicted molar refractivity (Wildman–Crippen MR) is 295 cm³/mol. The van der Waals surface area contributed by atoms with Gasteiger partial charge in [-0.1, -0.05) is 242 Å². The maximum Gasteiger partial charge on any atom is 0.472 e. The largest absolute Gasteiger partial charge is 0.472 e. The molecule has 0 heterocycles. The van der Waals surface area contributed by atoms with Crippen LogP contribution in [-0.2, 0) is 18.4 Å². The molecule has 0 aliphatic carbocycles. The molecule has 0 aliphatic heterocycles. The van der Waals surface area contributed by atoms with Crippen molar-refractivity contribution in [2.75, 3.05) is 40.9 Å². The average Bonchev–Trinajstić information content (AvgIpc) is 3.30. The molecule has 0 saturated carbocycles. The Labute approximate surface area is 422 Å². The fourth-order valence-electron chi connectivity index (χ4n) is 8.42. The van der Waals surface area contributed by atoms with Crippen LogP contribution >= 0.6 is 7.82 Å². The second kappa shape index (κ2) is 50.4. The molecule has 0 spiro atoms. The summed E-state index contributed by atoms with van der Waals surface area (Å²) < 4.78 is 23.7. The van der Waals surface area contributed by atoms with Crippen LogP contribution in [0.15, 0.2) is 48.6 Å². The molecule has 68 heavy (non-hydrogen) atoms. The number of phosphoric ester groups is 1. The van der Waals surface area contributed by atoms with E-state index in [-0.39, 0.29) is 19.1 Å². The number of rotatable bonds is 53. The summed E-state index contributed by atoms with van der Waals surface area (Å²) in [5.74, 6) is -0.191. The van der Waals surface area contributed by atoms with E-state index >= 15 is 0 Å². The van der Waals surface area contributed by atoms with Crippen molar-refractivity contribution in [2.24, 2.45) is 0 Å². The Morgan fingerprint density at radius 2 is 0.809 bits per heavy atom. The Balaban J connectivity index is 4.29. The summed E-state index contributed by atoms with van der Waals surface area (Å²) in [5, 5.41) is 13.9. The molecule has 8 nitrogen and oxygen atoms in total. The fraction of sp³-hybridized carbons (Fsp3) is 0.847. The molecule has 0 bridgehead atoms. The van der Waals surface area contributed by atoms with Crippen LogP contribution in [0.3, 0.4) is 0 Å². The Bertz CT molecular complexity index is 1250. The molecule has 1 amide bonds. The predicted octanol–water partition coefficient (Wildman–Crippen LogP) is 17.5. The highest BCUT2D eigenvalue weighted by Gasteiger charge is 2.27. The number of likely N-dealkylation sites (N-methyl/N-ethyl adjacent to an activating group) is 1. The van der Waals surface area contributed by atoms with Crippen molar-refractivity contribution in [3.8, 4) is 0 Å². The average molecular weight is 979 g/mol. The molecule has 0 aliphatic rings. The lowest BCUT2D eigenvalue weighted by Gasteiger charge is -2.25. The van der Waals surface area contributed by atoms with Gasteiger partial charge in [-0.3, -0.25) is 13.8 Å². The Kier molecular flexibility index (Phi) is 49.3. The van der Waals surface area contributed by atoms with Crippen molar-refractivity contribution in [1.29, 1.82) is 0 Å². The van der Waals surface area contributed by atoms with Gasteiger partial charge in [0, 0.05) is 6.42 Å². The maximum atomic E-state index is 13.0. The minimum absolute atomic E-state index is 0.0528. The quantitative estimate of drug-likeness (QED) is 0.0243. The summed E-state index contributed by atoms with van der Waals surface area (Å²) in [6, 6.07) is -0.872. The summed E-state index contributed by atoms with van der Waals surface area (Å²) in [4.78, 5) is 23.3. The number of carbonyl (C=O) groups is 1. The SMILES string of the molecule is CCCCCCCCCC/C=C\CCCCCCCCCCCC(=O)NC(COP(=O)(O)OCC[N+](C)(C)C)C(O)/C=C/CC/C=C/CC/C=C/CCCCCCCCCCCCCCCCC. The second-order valence-electron chi connectivity index (χ2n) is 21.0. The number of quaternary nitrogens is 1. The normalized spacial score (nSPS) is 14.3. The molecule has 0 radical (unpaired) electrons. The van der Waals surface area contributed by atoms with Crippen molar-refractivity contribution >= 4 is 13.7 Å². The zero-order valence-corrected chi connectivity index (χ0v) is 46.5. The van der Waals surface area contributed by atoms with Crippen LogP contribution in [0.5, 0.6) is 0 Å². The van der Waals surface area contributed by atoms with Crippen molar-refractivity contribution in [2.45, 2.75) is 283 Å². The number of nitrogens with one attached hydrogen (secondary N) is 1. The Morgan fingerprint density at radius 3 is 1.18 bits per heavy atom. The highest BCUT2D eigenvalue weighted by Crippen LogP contribution is 2.43. The summed E-state index contributed by atoms with van der Waals surface area (Å²) in [7, 11) is 1.55. The lowest BCUT2D eigenvalue weighted by atomic mass is 10.0. The van der Waals surface area contributed by atoms with Crippen LogP contribution in [-0.4, -0.2) is 73.4 Å². The zero-order chi connectivity index (χ0) is 49.9. The zero-order valence-electron chi connectivity index (χ0n) is 45.6. The van der Waals surface area contributed by atoms with Crippen LogP contribution in [0.1, 0.15) is 271 Å². The molecule has 3 atom stereocenters. The van der Waals surface area contributed by atoms with Gasteiger partial charge in [-0.25, -0.2) is 4.57 Å². The van der Waals surface area contributed by atoms with Crippen LogP contribution in [0.4, 0.5) is 0 Å². The molecule has 400 valence electrons. The summed E-state index contributed by atoms with van der Waals surface area (Å²) in [6.45, 7) is 4.81. The third-order valence-corrected chi connectivity index (χ3v) is 14.0. The maximum absolute atomic E-state index is 13.0. The monoisotopic (exact) mass is 978 g/mol. The number of aliphatic hydroxyl groups is 1. The first-order chi connectivity index (χ1) is 33.0. The molecule has 0 rings (SSSR count). The van der Waals surface area contributed by atoms with Crippen LogP contribution in [0, 0.1) is 0 Å². The fourth-order valence-corrected chi connectivity index (χ4v) is 9.16. The van der Waals surface area contributed by atoms with E-state index in [0.717, 1.165) is 44.9 Å². The van der Waals surface area contributed by atoms with Gasteiger partial charge in [-0.15, -0.1) is 0 Å². The van der Waals surface area contributed by atoms with Crippen LogP contribution in [0.25, 0.3) is 0 Å². The first-order valence-electron chi connectivity index (χ1n) is 29.0. The van der Waals surface area contributed by atoms with Crippen molar-refractivity contribution in [3.63, 3.8) is 0 Å². The summed E-state index contributed by atoms with van der Waals surface area (Å²) in [6.07, 6.45) is 66.5. The van der Waals surface area contributed by atoms with E-state index in [2.05, 4.69) is 55.6 Å². The van der Waals surface area contributed by atoms with E-state index in [4.69, 9.17) is 9.05 Å². The van der Waals surface area contributed by atoms with Gasteiger partial charge in [0.1, 0.15) is 13.2 Å². The number of phosphoric acid groups is 1. The molecule has 0 fully saturated rings. The van der Waals surface area contributed by atoms with Crippen molar-refractivity contribution in [3.05, 3.63) is 48.6 Å². The van der Waals surface area contributed by atoms with Crippen LogP contribution in [0.2, 0.25) is 0 Å². The van der Waals surface area contributed by atoms with E-state index in [1.807, 2.05) is 27.2 Å². The molecule has 0 aromatic heterocycles. The van der Waals surface area contributed by atoms with Gasteiger partial charge in [-0.2, -0.15) is 0 Å². The molecule has 3 unspecified atom stereocenters. The second-order valence-corrected chi connectivity index (χ2v) is 22.4. The number of unbranched alkanes of at least 4 members (excludes halogenated alkanes) is 34. The van der Waals surface area contributed by atoms with E-state index in [1.165, 1.54) is 205 Å². The van der Waals surface area contributed by atoms with E-state index < -0.39 is 20.0 Å². The number of allylic oxidation sites excluding steroid dienone is 7. The number of carbonyl (C=O) groups excluding carboxylic acids is 1. The first-order valence-corrected chi connectivity index (χ1v) is 30.5. The molecular weight excluding hydrogens is 864 g/mol. The number of nitrogens with zero attached hydrogens (tertiary/aromatic N) is 1. The minimum atomic E-state index is -4.36. The number of aliphatic hydroxyl groups excluding tert-OH is 1. The highest BCUT2D eigenvalue weighted by atomic mass is 31.2. The topological polar surface area (TPSA) is 105 Å². The van der Waals surface area contributed by atoms with E-state index in [1.54, 1.807) is 6.08 Å². The molecule has 0 aromatic carbocycles. The van der Waals surface area contributed by atoms with Gasteiger partial charge in [0.15, 0.2) is 0 Å². The summed E-state index contributed by atoms with van der Waals surface area (Å²) in [5.41, 5.74) is 0. The van der Waals surface area contributed by atoms with Gasteiger partial charge in [-0.05, 0) is 70.6 Å². The van der Waals surface area contributed by atoms with Crippen LogP contribution < -0.4 is 5.32 Å². The smallest absolute Gasteiger partial charge is 0.387 e. The minimum Gasteiger partial charge on any atom is -0.387 e. The number of hydrogen-bond donors (Lipinski definition) is 3. The van der Waals surface area contributed by atoms with Gasteiger partial charge in [0.2, 0.25) is 5.91 Å².